The standard InChI is InChI=1S/C11H19N3OS/c1-8-3-2-4-11(5-8)7-16-10(14-11)13-6-9(12)15/h8H,2-7H2,1H3,(H2,12,15)(H,13,14). The van der Waals surface area contributed by atoms with Crippen LogP contribution in [0.25, 0.3) is 0 Å². The van der Waals surface area contributed by atoms with Gasteiger partial charge in [-0.1, -0.05) is 31.5 Å². The fourth-order valence-corrected chi connectivity index (χ4v) is 3.84. The number of thioether (sulfide) groups is 1. The highest BCUT2D eigenvalue weighted by molar-refractivity contribution is 8.14. The smallest absolute Gasteiger partial charge is 0.239 e. The van der Waals surface area contributed by atoms with Crippen LogP contribution in [-0.2, 0) is 4.79 Å². The second-order valence-electron chi connectivity index (χ2n) is 4.98. The van der Waals surface area contributed by atoms with Crippen LogP contribution in [0.5, 0.6) is 0 Å². The van der Waals surface area contributed by atoms with Gasteiger partial charge in [0, 0.05) is 11.3 Å². The highest BCUT2D eigenvalue weighted by Crippen LogP contribution is 2.38. The Morgan fingerprint density at radius 1 is 1.75 bits per heavy atom. The van der Waals surface area contributed by atoms with Crippen molar-refractivity contribution in [1.82, 2.24) is 5.32 Å². The third-order valence-electron chi connectivity index (χ3n) is 3.33. The predicted molar refractivity (Wildman–Crippen MR) is 67.5 cm³/mol. The molecule has 1 aliphatic heterocycles. The Labute approximate surface area is 100 Å². The van der Waals surface area contributed by atoms with E-state index in [9.17, 15) is 4.79 Å². The number of hydrogen-bond acceptors (Lipinski definition) is 3. The molecular weight excluding hydrogens is 222 g/mol. The average Bonchev–Trinajstić information content (AvgIpc) is 2.58. The summed E-state index contributed by atoms with van der Waals surface area (Å²) >= 11 is 1.72. The maximum atomic E-state index is 10.7. The van der Waals surface area contributed by atoms with Crippen LogP contribution in [0.2, 0.25) is 0 Å². The van der Waals surface area contributed by atoms with E-state index in [1.807, 2.05) is 0 Å². The minimum atomic E-state index is -0.368. The van der Waals surface area contributed by atoms with E-state index in [-0.39, 0.29) is 18.0 Å². The summed E-state index contributed by atoms with van der Waals surface area (Å²) in [4.78, 5) is 14.8. The predicted octanol–water partition coefficient (Wildman–Crippen LogP) is 1.11. The van der Waals surface area contributed by atoms with Crippen molar-refractivity contribution in [1.29, 1.82) is 0 Å². The zero-order chi connectivity index (χ0) is 11.6. The topological polar surface area (TPSA) is 67.5 Å². The van der Waals surface area contributed by atoms with E-state index in [0.717, 1.165) is 16.8 Å². The molecule has 2 rings (SSSR count). The number of amidine groups is 1. The van der Waals surface area contributed by atoms with Crippen LogP contribution in [0.4, 0.5) is 0 Å². The summed E-state index contributed by atoms with van der Waals surface area (Å²) in [6.07, 6.45) is 5.06. The lowest BCUT2D eigenvalue weighted by Gasteiger charge is -2.36. The van der Waals surface area contributed by atoms with Crippen LogP contribution in [-0.4, -0.2) is 28.9 Å². The van der Waals surface area contributed by atoms with Crippen LogP contribution in [0.15, 0.2) is 4.99 Å². The summed E-state index contributed by atoms with van der Waals surface area (Å²) in [6.45, 7) is 2.41. The molecule has 4 nitrogen and oxygen atoms in total. The van der Waals surface area contributed by atoms with E-state index in [0.29, 0.717) is 0 Å². The molecule has 1 saturated heterocycles. The molecule has 0 bridgehead atoms. The van der Waals surface area contributed by atoms with Gasteiger partial charge in [-0.15, -0.1) is 0 Å². The normalized spacial score (nSPS) is 36.6. The number of aliphatic imine (C=N–C) groups is 1. The zero-order valence-electron chi connectivity index (χ0n) is 9.66. The van der Waals surface area contributed by atoms with Crippen LogP contribution in [0.1, 0.15) is 32.6 Å². The maximum Gasteiger partial charge on any atom is 0.239 e. The molecule has 5 heteroatoms. The van der Waals surface area contributed by atoms with Crippen molar-refractivity contribution in [3.63, 3.8) is 0 Å². The number of amides is 1. The first-order chi connectivity index (χ1) is 7.60. The molecular formula is C11H19N3OS. The van der Waals surface area contributed by atoms with Gasteiger partial charge in [0.2, 0.25) is 5.91 Å². The minimum absolute atomic E-state index is 0.0982. The summed E-state index contributed by atoms with van der Waals surface area (Å²) in [7, 11) is 0. The second-order valence-corrected chi connectivity index (χ2v) is 5.95. The van der Waals surface area contributed by atoms with Gasteiger partial charge in [-0.2, -0.15) is 0 Å². The molecule has 0 radical (unpaired) electrons. The van der Waals surface area contributed by atoms with E-state index in [2.05, 4.69) is 17.2 Å². The maximum absolute atomic E-state index is 10.7. The lowest BCUT2D eigenvalue weighted by Crippen LogP contribution is -2.47. The van der Waals surface area contributed by atoms with Crippen molar-refractivity contribution in [3.8, 4) is 0 Å². The van der Waals surface area contributed by atoms with Crippen molar-refractivity contribution in [3.05, 3.63) is 0 Å². The molecule has 1 saturated carbocycles. The molecule has 2 atom stereocenters. The molecule has 0 aromatic carbocycles. The summed E-state index contributed by atoms with van der Waals surface area (Å²) in [5.74, 6) is 1.50. The first kappa shape index (κ1) is 11.8. The molecule has 1 aliphatic carbocycles. The minimum Gasteiger partial charge on any atom is -0.368 e. The number of carbonyl (C=O) groups is 1. The summed E-state index contributed by atoms with van der Waals surface area (Å²) in [6, 6.07) is 0. The second kappa shape index (κ2) is 4.65. The van der Waals surface area contributed by atoms with Crippen LogP contribution in [0, 0.1) is 5.92 Å². The quantitative estimate of drug-likeness (QED) is 0.761. The van der Waals surface area contributed by atoms with Crippen molar-refractivity contribution < 1.29 is 4.79 Å². The van der Waals surface area contributed by atoms with Crippen molar-refractivity contribution in [2.75, 3.05) is 12.3 Å². The molecule has 1 spiro atoms. The lowest BCUT2D eigenvalue weighted by molar-refractivity contribution is -0.116. The average molecular weight is 241 g/mol. The highest BCUT2D eigenvalue weighted by Gasteiger charge is 2.40. The number of hydrogen-bond donors (Lipinski definition) is 2. The highest BCUT2D eigenvalue weighted by atomic mass is 32.2. The summed E-state index contributed by atoms with van der Waals surface area (Å²) in [5.41, 5.74) is 5.31. The van der Waals surface area contributed by atoms with E-state index in [4.69, 9.17) is 5.73 Å². The molecule has 16 heavy (non-hydrogen) atoms. The van der Waals surface area contributed by atoms with Gasteiger partial charge in [-0.25, -0.2) is 0 Å². The lowest BCUT2D eigenvalue weighted by atomic mass is 9.78. The molecule has 2 unspecified atom stereocenters. The van der Waals surface area contributed by atoms with Crippen LogP contribution >= 0.6 is 11.8 Å². The van der Waals surface area contributed by atoms with Gasteiger partial charge in [0.15, 0.2) is 5.17 Å². The van der Waals surface area contributed by atoms with Gasteiger partial charge in [0.1, 0.15) is 6.54 Å². The Morgan fingerprint density at radius 2 is 2.56 bits per heavy atom. The third kappa shape index (κ3) is 2.70. The van der Waals surface area contributed by atoms with E-state index in [1.165, 1.54) is 25.7 Å². The molecule has 3 N–H and O–H groups in total. The number of nitrogens with two attached hydrogens (primary N) is 1. The van der Waals surface area contributed by atoms with Gasteiger partial charge in [0.25, 0.3) is 0 Å². The number of nitrogens with zero attached hydrogens (tertiary/aromatic N) is 1. The number of rotatable bonds is 2. The van der Waals surface area contributed by atoms with Crippen molar-refractivity contribution in [2.24, 2.45) is 16.6 Å². The Kier molecular flexibility index (Phi) is 3.42. The largest absolute Gasteiger partial charge is 0.368 e. The van der Waals surface area contributed by atoms with Gasteiger partial charge in [-0.05, 0) is 18.8 Å². The SMILES string of the molecule is CC1CCCC2(CSC(=NCC(N)=O)N2)C1. The Balaban J connectivity index is 1.96. The van der Waals surface area contributed by atoms with Crippen molar-refractivity contribution in [2.45, 2.75) is 38.1 Å². The molecule has 2 fully saturated rings. The van der Waals surface area contributed by atoms with Gasteiger partial charge in [-0.3, -0.25) is 9.79 Å². The molecule has 0 aromatic heterocycles. The molecule has 2 aliphatic rings. The summed E-state index contributed by atoms with van der Waals surface area (Å²) in [5, 5.41) is 4.39. The van der Waals surface area contributed by atoms with E-state index < -0.39 is 0 Å². The molecule has 1 heterocycles. The van der Waals surface area contributed by atoms with E-state index in [1.54, 1.807) is 11.8 Å². The monoisotopic (exact) mass is 241 g/mol. The fraction of sp³-hybridized carbons (Fsp3) is 0.818. The number of carbonyl (C=O) groups excluding carboxylic acids is 1. The van der Waals surface area contributed by atoms with Crippen LogP contribution < -0.4 is 11.1 Å². The van der Waals surface area contributed by atoms with Crippen LogP contribution in [0.3, 0.4) is 0 Å². The fourth-order valence-electron chi connectivity index (χ4n) is 2.65. The van der Waals surface area contributed by atoms with Gasteiger partial charge >= 0.3 is 0 Å². The molecule has 1 amide bonds. The molecule has 0 aromatic rings. The first-order valence-electron chi connectivity index (χ1n) is 5.83. The summed E-state index contributed by atoms with van der Waals surface area (Å²) < 4.78 is 0. The third-order valence-corrected chi connectivity index (χ3v) is 4.53. The Bertz CT molecular complexity index is 318. The Morgan fingerprint density at radius 3 is 3.25 bits per heavy atom. The zero-order valence-corrected chi connectivity index (χ0v) is 10.5. The van der Waals surface area contributed by atoms with E-state index >= 15 is 0 Å². The van der Waals surface area contributed by atoms with Crippen molar-refractivity contribution >= 4 is 22.8 Å². The number of primary amides is 1. The number of nitrogens with one attached hydrogen (secondary N) is 1. The first-order valence-corrected chi connectivity index (χ1v) is 6.82. The van der Waals surface area contributed by atoms with Gasteiger partial charge < -0.3 is 11.1 Å². The van der Waals surface area contributed by atoms with Gasteiger partial charge in [0.05, 0.1) is 0 Å². The Hall–Kier alpha value is -0.710. The molecule has 90 valence electrons.